The van der Waals surface area contributed by atoms with Gasteiger partial charge in [-0.1, -0.05) is 19.3 Å². The standard InChI is InChI=1S/C13H23NO4S/c15-12(16)10-13(4-2-1-3-5-13)11-14-6-8-19(17,18)9-7-14/h1-11H2,(H,15,16). The molecule has 0 radical (unpaired) electrons. The van der Waals surface area contributed by atoms with E-state index in [2.05, 4.69) is 4.90 Å². The van der Waals surface area contributed by atoms with Crippen LogP contribution in [0.1, 0.15) is 38.5 Å². The lowest BCUT2D eigenvalue weighted by atomic mass is 9.71. The van der Waals surface area contributed by atoms with Crippen molar-refractivity contribution in [2.24, 2.45) is 5.41 Å². The molecule has 1 saturated carbocycles. The second kappa shape index (κ2) is 5.79. The first-order valence-corrected chi connectivity index (χ1v) is 8.88. The lowest BCUT2D eigenvalue weighted by molar-refractivity contribution is -0.140. The summed E-state index contributed by atoms with van der Waals surface area (Å²) in [4.78, 5) is 13.3. The van der Waals surface area contributed by atoms with Gasteiger partial charge in [0, 0.05) is 19.6 Å². The van der Waals surface area contributed by atoms with Gasteiger partial charge in [-0.15, -0.1) is 0 Å². The quantitative estimate of drug-likeness (QED) is 0.840. The third-order valence-electron chi connectivity index (χ3n) is 4.44. The first-order chi connectivity index (χ1) is 8.91. The highest BCUT2D eigenvalue weighted by Gasteiger charge is 2.37. The lowest BCUT2D eigenvalue weighted by Gasteiger charge is -2.41. The SMILES string of the molecule is O=C(O)CC1(CN2CCS(=O)(=O)CC2)CCCCC1. The molecule has 0 amide bonds. The van der Waals surface area contributed by atoms with Crippen molar-refractivity contribution in [3.05, 3.63) is 0 Å². The van der Waals surface area contributed by atoms with Gasteiger partial charge in [-0.05, 0) is 18.3 Å². The summed E-state index contributed by atoms with van der Waals surface area (Å²) in [7, 11) is -2.86. The molecule has 1 aliphatic heterocycles. The largest absolute Gasteiger partial charge is 0.481 e. The smallest absolute Gasteiger partial charge is 0.303 e. The van der Waals surface area contributed by atoms with Crippen molar-refractivity contribution in [2.45, 2.75) is 38.5 Å². The summed E-state index contributed by atoms with van der Waals surface area (Å²) in [6.45, 7) is 1.86. The van der Waals surface area contributed by atoms with Crippen molar-refractivity contribution in [3.8, 4) is 0 Å². The molecule has 2 rings (SSSR count). The maximum Gasteiger partial charge on any atom is 0.303 e. The Kier molecular flexibility index (Phi) is 4.50. The van der Waals surface area contributed by atoms with E-state index in [1.165, 1.54) is 6.42 Å². The maximum absolute atomic E-state index is 11.4. The molecular formula is C13H23NO4S. The molecule has 0 aromatic rings. The molecule has 110 valence electrons. The number of hydrogen-bond acceptors (Lipinski definition) is 4. The topological polar surface area (TPSA) is 74.7 Å². The molecule has 0 spiro atoms. The fourth-order valence-corrected chi connectivity index (χ4v) is 4.67. The molecule has 6 heteroatoms. The lowest BCUT2D eigenvalue weighted by Crippen LogP contribution is -2.47. The zero-order chi connectivity index (χ0) is 13.9. The zero-order valence-electron chi connectivity index (χ0n) is 11.3. The van der Waals surface area contributed by atoms with E-state index in [4.69, 9.17) is 5.11 Å². The molecule has 0 atom stereocenters. The van der Waals surface area contributed by atoms with E-state index in [0.29, 0.717) is 13.1 Å². The number of sulfone groups is 1. The Morgan fingerprint density at radius 3 is 2.21 bits per heavy atom. The van der Waals surface area contributed by atoms with Crippen molar-refractivity contribution < 1.29 is 18.3 Å². The van der Waals surface area contributed by atoms with E-state index in [9.17, 15) is 13.2 Å². The van der Waals surface area contributed by atoms with Crippen molar-refractivity contribution in [1.82, 2.24) is 4.90 Å². The average molecular weight is 289 g/mol. The number of nitrogens with zero attached hydrogens (tertiary/aromatic N) is 1. The van der Waals surface area contributed by atoms with Gasteiger partial charge in [0.05, 0.1) is 17.9 Å². The van der Waals surface area contributed by atoms with E-state index in [0.717, 1.165) is 32.2 Å². The number of carboxylic acids is 1. The molecule has 19 heavy (non-hydrogen) atoms. The van der Waals surface area contributed by atoms with Crippen LogP contribution in [0.3, 0.4) is 0 Å². The number of rotatable bonds is 4. The highest BCUT2D eigenvalue weighted by molar-refractivity contribution is 7.91. The Morgan fingerprint density at radius 2 is 1.68 bits per heavy atom. The molecule has 0 unspecified atom stereocenters. The molecule has 1 aliphatic carbocycles. The van der Waals surface area contributed by atoms with E-state index >= 15 is 0 Å². The normalized spacial score (nSPS) is 26.9. The molecule has 1 N–H and O–H groups in total. The Hall–Kier alpha value is -0.620. The van der Waals surface area contributed by atoms with Crippen LogP contribution in [-0.2, 0) is 14.6 Å². The third-order valence-corrected chi connectivity index (χ3v) is 6.05. The van der Waals surface area contributed by atoms with Gasteiger partial charge in [0.15, 0.2) is 9.84 Å². The van der Waals surface area contributed by atoms with Gasteiger partial charge in [-0.3, -0.25) is 4.79 Å². The van der Waals surface area contributed by atoms with E-state index < -0.39 is 15.8 Å². The third kappa shape index (κ3) is 4.18. The first kappa shape index (κ1) is 14.8. The van der Waals surface area contributed by atoms with Gasteiger partial charge in [-0.25, -0.2) is 8.42 Å². The van der Waals surface area contributed by atoms with Gasteiger partial charge in [0.25, 0.3) is 0 Å². The number of hydrogen-bond donors (Lipinski definition) is 1. The summed E-state index contributed by atoms with van der Waals surface area (Å²) in [5.41, 5.74) is -0.134. The Balaban J connectivity index is 1.98. The van der Waals surface area contributed by atoms with Crippen LogP contribution < -0.4 is 0 Å². The average Bonchev–Trinajstić information content (AvgIpc) is 2.32. The van der Waals surface area contributed by atoms with Crippen LogP contribution in [0.15, 0.2) is 0 Å². The van der Waals surface area contributed by atoms with Crippen molar-refractivity contribution in [3.63, 3.8) is 0 Å². The van der Waals surface area contributed by atoms with Crippen LogP contribution in [0.4, 0.5) is 0 Å². The van der Waals surface area contributed by atoms with E-state index in [1.807, 2.05) is 0 Å². The fourth-order valence-electron chi connectivity index (χ4n) is 3.40. The predicted octanol–water partition coefficient (Wildman–Crippen LogP) is 1.14. The number of carbonyl (C=O) groups is 1. The highest BCUT2D eigenvalue weighted by atomic mass is 32.2. The summed E-state index contributed by atoms with van der Waals surface area (Å²) in [5, 5.41) is 9.13. The number of carboxylic acid groups (broad SMARTS) is 1. The number of aliphatic carboxylic acids is 1. The minimum Gasteiger partial charge on any atom is -0.481 e. The second-order valence-corrected chi connectivity index (χ2v) is 8.36. The van der Waals surface area contributed by atoms with Gasteiger partial charge in [0.1, 0.15) is 0 Å². The van der Waals surface area contributed by atoms with Gasteiger partial charge in [-0.2, -0.15) is 0 Å². The summed E-state index contributed by atoms with van der Waals surface area (Å²) >= 11 is 0. The molecular weight excluding hydrogens is 266 g/mol. The second-order valence-electron chi connectivity index (χ2n) is 6.06. The fraction of sp³-hybridized carbons (Fsp3) is 0.923. The Labute approximate surface area is 114 Å². The summed E-state index contributed by atoms with van der Waals surface area (Å²) in [6, 6.07) is 0. The van der Waals surface area contributed by atoms with Crippen molar-refractivity contribution >= 4 is 15.8 Å². The highest BCUT2D eigenvalue weighted by Crippen LogP contribution is 2.40. The maximum atomic E-state index is 11.4. The van der Waals surface area contributed by atoms with Gasteiger partial charge < -0.3 is 10.0 Å². The van der Waals surface area contributed by atoms with Crippen LogP contribution in [0, 0.1) is 5.41 Å². The van der Waals surface area contributed by atoms with Gasteiger partial charge in [0.2, 0.25) is 0 Å². The molecule has 1 saturated heterocycles. The monoisotopic (exact) mass is 289 g/mol. The molecule has 2 aliphatic rings. The predicted molar refractivity (Wildman–Crippen MR) is 72.9 cm³/mol. The van der Waals surface area contributed by atoms with Crippen LogP contribution >= 0.6 is 0 Å². The van der Waals surface area contributed by atoms with Gasteiger partial charge >= 0.3 is 5.97 Å². The molecule has 1 heterocycles. The van der Waals surface area contributed by atoms with Crippen LogP contribution in [-0.4, -0.2) is 55.5 Å². The van der Waals surface area contributed by atoms with Crippen LogP contribution in [0.2, 0.25) is 0 Å². The summed E-state index contributed by atoms with van der Waals surface area (Å²) < 4.78 is 22.9. The van der Waals surface area contributed by atoms with E-state index in [-0.39, 0.29) is 23.3 Å². The van der Waals surface area contributed by atoms with Crippen LogP contribution in [0.5, 0.6) is 0 Å². The Morgan fingerprint density at radius 1 is 1.11 bits per heavy atom. The van der Waals surface area contributed by atoms with E-state index in [1.54, 1.807) is 0 Å². The summed E-state index contributed by atoms with van der Waals surface area (Å²) in [5.74, 6) is -0.293. The first-order valence-electron chi connectivity index (χ1n) is 7.05. The summed E-state index contributed by atoms with van der Waals surface area (Å²) in [6.07, 6.45) is 5.52. The van der Waals surface area contributed by atoms with Crippen molar-refractivity contribution in [1.29, 1.82) is 0 Å². The minimum atomic E-state index is -2.86. The molecule has 0 aromatic carbocycles. The van der Waals surface area contributed by atoms with Crippen molar-refractivity contribution in [2.75, 3.05) is 31.1 Å². The Bertz CT molecular complexity index is 412. The molecule has 0 bridgehead atoms. The molecule has 0 aromatic heterocycles. The minimum absolute atomic E-state index is 0.134. The molecule has 5 nitrogen and oxygen atoms in total. The molecule has 2 fully saturated rings. The van der Waals surface area contributed by atoms with Crippen LogP contribution in [0.25, 0.3) is 0 Å². The zero-order valence-corrected chi connectivity index (χ0v) is 12.1.